The molecule has 1 aromatic heterocycles. The highest BCUT2D eigenvalue weighted by molar-refractivity contribution is 7.98. The molecule has 25 heavy (non-hydrogen) atoms. The first kappa shape index (κ1) is 17.4. The fourth-order valence-electron chi connectivity index (χ4n) is 2.29. The Morgan fingerprint density at radius 3 is 2.52 bits per heavy atom. The number of benzene rings is 2. The van der Waals surface area contributed by atoms with Crippen molar-refractivity contribution >= 4 is 11.8 Å². The van der Waals surface area contributed by atoms with Crippen LogP contribution in [0.1, 0.15) is 22.4 Å². The normalized spacial score (nSPS) is 10.7. The summed E-state index contributed by atoms with van der Waals surface area (Å²) in [5, 5.41) is 0.571. The Morgan fingerprint density at radius 1 is 0.960 bits per heavy atom. The lowest BCUT2D eigenvalue weighted by Crippen LogP contribution is -1.96. The van der Waals surface area contributed by atoms with Gasteiger partial charge in [-0.1, -0.05) is 36.0 Å². The summed E-state index contributed by atoms with van der Waals surface area (Å²) < 4.78 is 19.6. The number of thioether (sulfide) groups is 1. The SMILES string of the molecule is Cc1cc(Oc2ccc(C)c(C)c2)nc(SCc2ccccc2F)n1. The second-order valence-corrected chi connectivity index (χ2v) is 6.80. The molecule has 0 aliphatic heterocycles. The van der Waals surface area contributed by atoms with Crippen LogP contribution in [0.25, 0.3) is 0 Å². The van der Waals surface area contributed by atoms with E-state index >= 15 is 0 Å². The Kier molecular flexibility index (Phi) is 5.34. The molecule has 0 aliphatic rings. The minimum absolute atomic E-state index is 0.214. The third-order valence-corrected chi connectivity index (χ3v) is 4.72. The van der Waals surface area contributed by atoms with E-state index in [2.05, 4.69) is 16.9 Å². The van der Waals surface area contributed by atoms with Gasteiger partial charge in [-0.3, -0.25) is 0 Å². The molecule has 2 aromatic carbocycles. The summed E-state index contributed by atoms with van der Waals surface area (Å²) in [6, 6.07) is 14.5. The van der Waals surface area contributed by atoms with E-state index in [1.807, 2.05) is 38.1 Å². The molecule has 0 aliphatic carbocycles. The first-order chi connectivity index (χ1) is 12.0. The van der Waals surface area contributed by atoms with Gasteiger partial charge in [0.25, 0.3) is 0 Å². The van der Waals surface area contributed by atoms with E-state index in [4.69, 9.17) is 4.74 Å². The quantitative estimate of drug-likeness (QED) is 0.440. The van der Waals surface area contributed by atoms with Crippen molar-refractivity contribution < 1.29 is 9.13 Å². The number of halogens is 1. The minimum Gasteiger partial charge on any atom is -0.439 e. The van der Waals surface area contributed by atoms with Crippen LogP contribution in [0.2, 0.25) is 0 Å². The monoisotopic (exact) mass is 354 g/mol. The molecule has 0 spiro atoms. The van der Waals surface area contributed by atoms with Crippen molar-refractivity contribution in [3.8, 4) is 11.6 Å². The third kappa shape index (κ3) is 4.57. The molecule has 1 heterocycles. The van der Waals surface area contributed by atoms with Crippen molar-refractivity contribution in [1.82, 2.24) is 9.97 Å². The molecule has 128 valence electrons. The summed E-state index contributed by atoms with van der Waals surface area (Å²) in [6.07, 6.45) is 0. The average Bonchev–Trinajstić information content (AvgIpc) is 2.57. The molecule has 0 atom stereocenters. The molecule has 3 nitrogen and oxygen atoms in total. The number of ether oxygens (including phenoxy) is 1. The van der Waals surface area contributed by atoms with Gasteiger partial charge in [-0.05, 0) is 55.7 Å². The van der Waals surface area contributed by atoms with Crippen LogP contribution >= 0.6 is 11.8 Å². The first-order valence-electron chi connectivity index (χ1n) is 7.98. The highest BCUT2D eigenvalue weighted by atomic mass is 32.2. The lowest BCUT2D eigenvalue weighted by Gasteiger charge is -2.09. The Bertz CT molecular complexity index is 899. The lowest BCUT2D eigenvalue weighted by atomic mass is 10.1. The van der Waals surface area contributed by atoms with Crippen LogP contribution in [0, 0.1) is 26.6 Å². The van der Waals surface area contributed by atoms with Crippen LogP contribution in [0.5, 0.6) is 11.6 Å². The van der Waals surface area contributed by atoms with Crippen LogP contribution in [-0.2, 0) is 5.75 Å². The molecule has 0 amide bonds. The maximum absolute atomic E-state index is 13.7. The third-order valence-electron chi connectivity index (χ3n) is 3.83. The fourth-order valence-corrected chi connectivity index (χ4v) is 3.17. The van der Waals surface area contributed by atoms with Gasteiger partial charge in [-0.15, -0.1) is 0 Å². The number of aryl methyl sites for hydroxylation is 3. The first-order valence-corrected chi connectivity index (χ1v) is 8.97. The van der Waals surface area contributed by atoms with E-state index in [0.29, 0.717) is 22.4 Å². The summed E-state index contributed by atoms with van der Waals surface area (Å²) in [5.41, 5.74) is 3.82. The zero-order chi connectivity index (χ0) is 17.8. The van der Waals surface area contributed by atoms with Crippen molar-refractivity contribution in [2.45, 2.75) is 31.7 Å². The summed E-state index contributed by atoms with van der Waals surface area (Å²) in [6.45, 7) is 6.00. The molecular formula is C20H19FN2OS. The number of hydrogen-bond donors (Lipinski definition) is 0. The Balaban J connectivity index is 1.76. The Hall–Kier alpha value is -2.40. The lowest BCUT2D eigenvalue weighted by molar-refractivity contribution is 0.454. The van der Waals surface area contributed by atoms with Gasteiger partial charge in [0.2, 0.25) is 5.88 Å². The summed E-state index contributed by atoms with van der Waals surface area (Å²) >= 11 is 1.39. The van der Waals surface area contributed by atoms with Gasteiger partial charge in [-0.25, -0.2) is 9.37 Å². The van der Waals surface area contributed by atoms with Crippen LogP contribution in [0.3, 0.4) is 0 Å². The van der Waals surface area contributed by atoms with Gasteiger partial charge in [0.1, 0.15) is 11.6 Å². The van der Waals surface area contributed by atoms with Crippen molar-refractivity contribution in [1.29, 1.82) is 0 Å². The van der Waals surface area contributed by atoms with E-state index in [1.54, 1.807) is 18.2 Å². The van der Waals surface area contributed by atoms with E-state index < -0.39 is 0 Å². The van der Waals surface area contributed by atoms with E-state index in [-0.39, 0.29) is 5.82 Å². The molecule has 0 bridgehead atoms. The van der Waals surface area contributed by atoms with E-state index in [0.717, 1.165) is 17.0 Å². The van der Waals surface area contributed by atoms with Crippen molar-refractivity contribution in [2.75, 3.05) is 0 Å². The topological polar surface area (TPSA) is 35.0 Å². The van der Waals surface area contributed by atoms with Gasteiger partial charge in [0.15, 0.2) is 5.16 Å². The minimum atomic E-state index is -0.214. The highest BCUT2D eigenvalue weighted by Crippen LogP contribution is 2.26. The predicted molar refractivity (Wildman–Crippen MR) is 98.7 cm³/mol. The maximum atomic E-state index is 13.7. The molecule has 0 N–H and O–H groups in total. The summed E-state index contributed by atoms with van der Waals surface area (Å²) in [5.74, 6) is 1.49. The fraction of sp³-hybridized carbons (Fsp3) is 0.200. The molecule has 3 aromatic rings. The molecule has 0 saturated carbocycles. The van der Waals surface area contributed by atoms with E-state index in [9.17, 15) is 4.39 Å². The van der Waals surface area contributed by atoms with Crippen molar-refractivity contribution in [2.24, 2.45) is 0 Å². The molecule has 0 saturated heterocycles. The van der Waals surface area contributed by atoms with Gasteiger partial charge >= 0.3 is 0 Å². The zero-order valence-corrected chi connectivity index (χ0v) is 15.2. The smallest absolute Gasteiger partial charge is 0.223 e. The molecule has 3 rings (SSSR count). The molecule has 0 radical (unpaired) electrons. The van der Waals surface area contributed by atoms with Gasteiger partial charge in [0, 0.05) is 17.5 Å². The molecule has 0 fully saturated rings. The second kappa shape index (κ2) is 7.66. The standard InChI is InChI=1S/C20H19FN2OS/c1-13-8-9-17(10-14(13)2)24-19-11-15(3)22-20(23-19)25-12-16-6-4-5-7-18(16)21/h4-11H,12H2,1-3H3. The largest absolute Gasteiger partial charge is 0.439 e. The molecular weight excluding hydrogens is 335 g/mol. The van der Waals surface area contributed by atoms with Crippen LogP contribution in [0.15, 0.2) is 53.7 Å². The number of aromatic nitrogens is 2. The van der Waals surface area contributed by atoms with Gasteiger partial charge < -0.3 is 4.74 Å². The number of nitrogens with zero attached hydrogens (tertiary/aromatic N) is 2. The second-order valence-electron chi connectivity index (χ2n) is 5.86. The van der Waals surface area contributed by atoms with Crippen molar-refractivity contribution in [3.63, 3.8) is 0 Å². The van der Waals surface area contributed by atoms with Crippen LogP contribution < -0.4 is 4.74 Å². The highest BCUT2D eigenvalue weighted by Gasteiger charge is 2.08. The number of hydrogen-bond acceptors (Lipinski definition) is 4. The molecule has 5 heteroatoms. The molecule has 0 unspecified atom stereocenters. The predicted octanol–water partition coefficient (Wildman–Crippen LogP) is 5.63. The van der Waals surface area contributed by atoms with Crippen molar-refractivity contribution in [3.05, 3.63) is 76.7 Å². The number of rotatable bonds is 5. The van der Waals surface area contributed by atoms with E-state index in [1.165, 1.54) is 23.4 Å². The van der Waals surface area contributed by atoms with Gasteiger partial charge in [0.05, 0.1) is 0 Å². The Morgan fingerprint density at radius 2 is 1.76 bits per heavy atom. The van der Waals surface area contributed by atoms with Crippen LogP contribution in [-0.4, -0.2) is 9.97 Å². The average molecular weight is 354 g/mol. The van der Waals surface area contributed by atoms with Gasteiger partial charge in [-0.2, -0.15) is 4.98 Å². The van der Waals surface area contributed by atoms with Crippen LogP contribution in [0.4, 0.5) is 4.39 Å². The maximum Gasteiger partial charge on any atom is 0.223 e. The summed E-state index contributed by atoms with van der Waals surface area (Å²) in [7, 11) is 0. The zero-order valence-electron chi connectivity index (χ0n) is 14.4. The Labute approximate surface area is 151 Å². The summed E-state index contributed by atoms with van der Waals surface area (Å²) in [4.78, 5) is 8.83.